The summed E-state index contributed by atoms with van der Waals surface area (Å²) in [5.41, 5.74) is -0.0630. The molecular weight excluding hydrogens is 255 g/mol. The third-order valence-corrected chi connectivity index (χ3v) is 2.70. The first-order valence-corrected chi connectivity index (χ1v) is 5.23. The third-order valence-electron chi connectivity index (χ3n) is 1.63. The van der Waals surface area contributed by atoms with Crippen molar-refractivity contribution in [2.24, 2.45) is 5.92 Å². The molecule has 3 nitrogen and oxygen atoms in total. The van der Waals surface area contributed by atoms with Gasteiger partial charge in [-0.25, -0.2) is 4.98 Å². The zero-order valence-electron chi connectivity index (χ0n) is 7.20. The lowest BCUT2D eigenvalue weighted by molar-refractivity contribution is 0.508. The van der Waals surface area contributed by atoms with Crippen LogP contribution in [0.2, 0.25) is 0 Å². The minimum atomic E-state index is -0.0630. The lowest BCUT2D eigenvalue weighted by Gasteiger charge is -2.09. The molecule has 1 aromatic heterocycles. The highest BCUT2D eigenvalue weighted by atomic mass is 79.9. The van der Waals surface area contributed by atoms with E-state index in [1.807, 2.05) is 6.92 Å². The van der Waals surface area contributed by atoms with Crippen molar-refractivity contribution in [3.8, 4) is 0 Å². The Morgan fingerprint density at radius 3 is 3.08 bits per heavy atom. The summed E-state index contributed by atoms with van der Waals surface area (Å²) >= 11 is 8.78. The molecule has 0 aliphatic heterocycles. The Morgan fingerprint density at radius 1 is 1.77 bits per heavy atom. The Bertz CT molecular complexity index is 339. The number of halogens is 2. The first kappa shape index (κ1) is 10.7. The molecule has 0 bridgehead atoms. The fourth-order valence-corrected chi connectivity index (χ4v) is 1.38. The van der Waals surface area contributed by atoms with Crippen molar-refractivity contribution in [3.63, 3.8) is 0 Å². The number of alkyl halides is 1. The maximum Gasteiger partial charge on any atom is 0.267 e. The number of hydrogen-bond acceptors (Lipinski definition) is 2. The fraction of sp³-hybridized carbons (Fsp3) is 0.500. The molecule has 0 fully saturated rings. The molecule has 72 valence electrons. The molecule has 1 atom stereocenters. The predicted octanol–water partition coefficient (Wildman–Crippen LogP) is 1.88. The predicted molar refractivity (Wildman–Crippen MR) is 56.1 cm³/mol. The number of nitrogens with zero attached hydrogens (tertiary/aromatic N) is 2. The summed E-state index contributed by atoms with van der Waals surface area (Å²) in [4.78, 5) is 15.4. The standard InChI is InChI=1S/C8H10BrClN2O/c1-6(2-10)4-12-5-11-3-7(9)8(12)13/h3,5-6H,2,4H2,1H3. The summed E-state index contributed by atoms with van der Waals surface area (Å²) in [5.74, 6) is 0.814. The zero-order chi connectivity index (χ0) is 9.84. The van der Waals surface area contributed by atoms with Crippen molar-refractivity contribution in [3.05, 3.63) is 27.4 Å². The van der Waals surface area contributed by atoms with Gasteiger partial charge in [-0.05, 0) is 21.8 Å². The van der Waals surface area contributed by atoms with Gasteiger partial charge in [0.05, 0.1) is 6.33 Å². The van der Waals surface area contributed by atoms with Crippen LogP contribution >= 0.6 is 27.5 Å². The lowest BCUT2D eigenvalue weighted by Crippen LogP contribution is -2.24. The zero-order valence-corrected chi connectivity index (χ0v) is 9.55. The second-order valence-corrected chi connectivity index (χ2v) is 4.12. The van der Waals surface area contributed by atoms with Crippen LogP contribution in [0.4, 0.5) is 0 Å². The first-order valence-electron chi connectivity index (χ1n) is 3.91. The topological polar surface area (TPSA) is 34.9 Å². The van der Waals surface area contributed by atoms with E-state index in [1.54, 1.807) is 4.57 Å². The molecule has 0 aliphatic carbocycles. The van der Waals surface area contributed by atoms with E-state index in [-0.39, 0.29) is 11.5 Å². The molecule has 1 rings (SSSR count). The van der Waals surface area contributed by atoms with Crippen molar-refractivity contribution in [2.45, 2.75) is 13.5 Å². The Kier molecular flexibility index (Phi) is 3.93. The highest BCUT2D eigenvalue weighted by molar-refractivity contribution is 9.10. The van der Waals surface area contributed by atoms with Crippen LogP contribution in [0.3, 0.4) is 0 Å². The number of aromatic nitrogens is 2. The lowest BCUT2D eigenvalue weighted by atomic mass is 10.2. The highest BCUT2D eigenvalue weighted by Crippen LogP contribution is 2.03. The van der Waals surface area contributed by atoms with Crippen molar-refractivity contribution in [1.82, 2.24) is 9.55 Å². The maximum atomic E-state index is 11.5. The van der Waals surface area contributed by atoms with Gasteiger partial charge in [0.2, 0.25) is 0 Å². The monoisotopic (exact) mass is 264 g/mol. The molecule has 5 heteroatoms. The van der Waals surface area contributed by atoms with E-state index in [9.17, 15) is 4.79 Å². The molecule has 1 aromatic rings. The van der Waals surface area contributed by atoms with Gasteiger partial charge in [0.15, 0.2) is 0 Å². The van der Waals surface area contributed by atoms with Crippen molar-refractivity contribution in [2.75, 3.05) is 5.88 Å². The summed E-state index contributed by atoms with van der Waals surface area (Å²) in [7, 11) is 0. The first-order chi connectivity index (χ1) is 6.15. The Balaban J connectivity index is 2.89. The molecule has 0 radical (unpaired) electrons. The second kappa shape index (κ2) is 4.77. The minimum Gasteiger partial charge on any atom is -0.298 e. The smallest absolute Gasteiger partial charge is 0.267 e. The van der Waals surface area contributed by atoms with Gasteiger partial charge >= 0.3 is 0 Å². The molecule has 1 unspecified atom stereocenters. The number of hydrogen-bond donors (Lipinski definition) is 0. The van der Waals surface area contributed by atoms with E-state index < -0.39 is 0 Å². The summed E-state index contributed by atoms with van der Waals surface area (Å²) in [6, 6.07) is 0. The van der Waals surface area contributed by atoms with Crippen molar-refractivity contribution >= 4 is 27.5 Å². The molecule has 0 aliphatic rings. The van der Waals surface area contributed by atoms with E-state index in [0.29, 0.717) is 16.9 Å². The van der Waals surface area contributed by atoms with E-state index in [1.165, 1.54) is 12.5 Å². The van der Waals surface area contributed by atoms with Crippen molar-refractivity contribution < 1.29 is 0 Å². The summed E-state index contributed by atoms with van der Waals surface area (Å²) in [6.07, 6.45) is 3.01. The van der Waals surface area contributed by atoms with Gasteiger partial charge in [-0.15, -0.1) is 11.6 Å². The molecule has 13 heavy (non-hydrogen) atoms. The fourth-order valence-electron chi connectivity index (χ4n) is 0.939. The molecule has 0 saturated carbocycles. The van der Waals surface area contributed by atoms with Crippen LogP contribution in [0.15, 0.2) is 21.8 Å². The molecule has 0 aromatic carbocycles. The molecule has 0 saturated heterocycles. The average molecular weight is 266 g/mol. The quantitative estimate of drug-likeness (QED) is 0.782. The van der Waals surface area contributed by atoms with Crippen LogP contribution in [0.1, 0.15) is 6.92 Å². The van der Waals surface area contributed by atoms with Crippen LogP contribution in [0, 0.1) is 5.92 Å². The van der Waals surface area contributed by atoms with Gasteiger partial charge in [-0.3, -0.25) is 9.36 Å². The Morgan fingerprint density at radius 2 is 2.46 bits per heavy atom. The summed E-state index contributed by atoms with van der Waals surface area (Å²) in [5, 5.41) is 0. The Labute approximate surface area is 89.9 Å². The number of rotatable bonds is 3. The van der Waals surface area contributed by atoms with Crippen LogP contribution in [0.25, 0.3) is 0 Å². The van der Waals surface area contributed by atoms with Crippen LogP contribution in [-0.4, -0.2) is 15.4 Å². The van der Waals surface area contributed by atoms with E-state index in [2.05, 4.69) is 20.9 Å². The normalized spacial score (nSPS) is 12.8. The van der Waals surface area contributed by atoms with Crippen LogP contribution < -0.4 is 5.56 Å². The third kappa shape index (κ3) is 2.81. The molecular formula is C8H10BrClN2O. The van der Waals surface area contributed by atoms with Gasteiger partial charge < -0.3 is 0 Å². The molecule has 0 N–H and O–H groups in total. The largest absolute Gasteiger partial charge is 0.298 e. The summed E-state index contributed by atoms with van der Waals surface area (Å²) < 4.78 is 2.04. The van der Waals surface area contributed by atoms with E-state index in [4.69, 9.17) is 11.6 Å². The maximum absolute atomic E-state index is 11.5. The molecule has 1 heterocycles. The van der Waals surface area contributed by atoms with Gasteiger partial charge in [-0.2, -0.15) is 0 Å². The van der Waals surface area contributed by atoms with E-state index >= 15 is 0 Å². The van der Waals surface area contributed by atoms with Gasteiger partial charge in [0.25, 0.3) is 5.56 Å². The Hall–Kier alpha value is -0.350. The highest BCUT2D eigenvalue weighted by Gasteiger charge is 2.04. The SMILES string of the molecule is CC(CCl)Cn1cncc(Br)c1=O. The summed E-state index contributed by atoms with van der Waals surface area (Å²) in [6.45, 7) is 2.59. The van der Waals surface area contributed by atoms with Crippen LogP contribution in [-0.2, 0) is 6.54 Å². The van der Waals surface area contributed by atoms with Gasteiger partial charge in [0, 0.05) is 18.6 Å². The van der Waals surface area contributed by atoms with Crippen molar-refractivity contribution in [1.29, 1.82) is 0 Å². The second-order valence-electron chi connectivity index (χ2n) is 2.96. The molecule has 0 spiro atoms. The minimum absolute atomic E-state index is 0.0630. The van der Waals surface area contributed by atoms with E-state index in [0.717, 1.165) is 0 Å². The van der Waals surface area contributed by atoms with Gasteiger partial charge in [0.1, 0.15) is 4.47 Å². The molecule has 0 amide bonds. The average Bonchev–Trinajstić information content (AvgIpc) is 2.13. The van der Waals surface area contributed by atoms with Crippen LogP contribution in [0.5, 0.6) is 0 Å². The van der Waals surface area contributed by atoms with Gasteiger partial charge in [-0.1, -0.05) is 6.92 Å².